The van der Waals surface area contributed by atoms with Crippen LogP contribution in [0.4, 0.5) is 0 Å². The third kappa shape index (κ3) is 31.3. The second-order valence-electron chi connectivity index (χ2n) is 3.48. The molecule has 0 amide bonds. The minimum Gasteiger partial charge on any atom is -0.799 e. The van der Waals surface area contributed by atoms with E-state index in [0.29, 0.717) is 12.3 Å². The monoisotopic (exact) mass is 266 g/mol. The molecule has 0 heterocycles. The molecule has 0 saturated heterocycles. The molecule has 0 aromatic rings. The quantitative estimate of drug-likeness (QED) is 0.560. The Morgan fingerprint density at radius 3 is 1.07 bits per heavy atom. The largest absolute Gasteiger partial charge is 2.00 e. The molecule has 0 fully saturated rings. The Bertz CT molecular complexity index is 197. The topological polar surface area (TPSA) is 80.3 Å². The van der Waals surface area contributed by atoms with Crippen molar-refractivity contribution < 1.29 is 18.9 Å². The van der Waals surface area contributed by atoms with Crippen LogP contribution in [-0.4, -0.2) is 48.7 Å². The van der Waals surface area contributed by atoms with Crippen molar-refractivity contribution in [2.75, 3.05) is 25.7 Å². The van der Waals surface area contributed by atoms with Gasteiger partial charge in [-0.15, -0.1) is 0 Å². The van der Waals surface area contributed by atoms with Crippen LogP contribution < -0.4 is 9.79 Å². The Morgan fingerprint density at radius 1 is 0.867 bits per heavy atom. The third-order valence-electron chi connectivity index (χ3n) is 1.26. The van der Waals surface area contributed by atoms with Crippen LogP contribution in [0.2, 0.25) is 0 Å². The van der Waals surface area contributed by atoms with Gasteiger partial charge < -0.3 is 18.9 Å². The molecule has 0 bridgehead atoms. The van der Waals surface area contributed by atoms with E-state index in [0.717, 1.165) is 12.8 Å². The summed E-state index contributed by atoms with van der Waals surface area (Å²) in [6.45, 7) is 6.26. The molecule has 0 saturated carbocycles. The Balaban J connectivity index is -0.000000180. The summed E-state index contributed by atoms with van der Waals surface area (Å²) in [5, 5.41) is 0. The number of hydrogen-bond acceptors (Lipinski definition) is 4. The van der Waals surface area contributed by atoms with Crippen molar-refractivity contribution in [1.82, 2.24) is 0 Å². The van der Waals surface area contributed by atoms with Crippen LogP contribution in [0.15, 0.2) is 0 Å². The molecule has 15 heavy (non-hydrogen) atoms. The van der Waals surface area contributed by atoms with Gasteiger partial charge in [0, 0.05) is 14.7 Å². The van der Waals surface area contributed by atoms with Crippen molar-refractivity contribution in [2.24, 2.45) is 0 Å². The van der Waals surface area contributed by atoms with Gasteiger partial charge in [0.05, 0.1) is 0 Å². The first kappa shape index (κ1) is 21.4. The Hall–Kier alpha value is 1.15. The molecule has 2 unspecified atom stereocenters. The molecular weight excluding hydrogens is 246 g/mol. The molecule has 0 aliphatic carbocycles. The molecule has 0 radical (unpaired) electrons. The molecule has 2 atom stereocenters. The van der Waals surface area contributed by atoms with Gasteiger partial charge in [0.2, 0.25) is 0 Å². The smallest absolute Gasteiger partial charge is 0.799 e. The maximum atomic E-state index is 10.3. The predicted octanol–water partition coefficient (Wildman–Crippen LogP) is 0.948. The van der Waals surface area contributed by atoms with Crippen LogP contribution in [0, 0.1) is 0 Å². The van der Waals surface area contributed by atoms with Gasteiger partial charge in [0.15, 0.2) is 0 Å². The molecule has 7 heteroatoms. The molecule has 0 aliphatic heterocycles. The van der Waals surface area contributed by atoms with E-state index in [1.165, 1.54) is 13.3 Å². The maximum absolute atomic E-state index is 10.3. The fourth-order valence-electron chi connectivity index (χ4n) is 0.812. The van der Waals surface area contributed by atoms with Crippen molar-refractivity contribution in [2.45, 2.75) is 26.7 Å². The average molecular weight is 266 g/mol. The van der Waals surface area contributed by atoms with E-state index in [1.54, 1.807) is 0 Å². The van der Waals surface area contributed by atoms with E-state index in [9.17, 15) is 18.9 Å². The maximum Gasteiger partial charge on any atom is 2.00 e. The molecule has 4 nitrogen and oxygen atoms in total. The molecule has 0 N–H and O–H groups in total. The van der Waals surface area contributed by atoms with E-state index in [2.05, 4.69) is 0 Å². The summed E-state index contributed by atoms with van der Waals surface area (Å²) in [5.74, 6) is 0. The summed E-state index contributed by atoms with van der Waals surface area (Å²) in [6.07, 6.45) is 2.15. The van der Waals surface area contributed by atoms with Gasteiger partial charge in [-0.2, -0.15) is 0 Å². The second-order valence-corrected chi connectivity index (χ2v) is 8.43. The van der Waals surface area contributed by atoms with Crippen LogP contribution in [0.3, 0.4) is 0 Å². The average Bonchev–Trinajstić information content (AvgIpc) is 1.81. The normalized spacial score (nSPS) is 17.5. The third-order valence-corrected chi connectivity index (χ3v) is 3.78. The van der Waals surface area contributed by atoms with Gasteiger partial charge in [-0.3, -0.25) is 0 Å². The van der Waals surface area contributed by atoms with Crippen LogP contribution >= 0.6 is 14.7 Å². The Morgan fingerprint density at radius 2 is 1.07 bits per heavy atom. The van der Waals surface area contributed by atoms with E-state index >= 15 is 0 Å². The summed E-state index contributed by atoms with van der Waals surface area (Å²) in [5.41, 5.74) is 0. The number of rotatable bonds is 4. The number of hydrogen-bond donors (Lipinski definition) is 0. The van der Waals surface area contributed by atoms with Crippen LogP contribution in [0.1, 0.15) is 26.7 Å². The van der Waals surface area contributed by atoms with Crippen molar-refractivity contribution in [3.8, 4) is 0 Å². The van der Waals surface area contributed by atoms with E-state index < -0.39 is 14.7 Å². The van der Waals surface area contributed by atoms with Gasteiger partial charge in [-0.1, -0.05) is 26.7 Å². The van der Waals surface area contributed by atoms with Gasteiger partial charge in [0.25, 0.3) is 0 Å². The summed E-state index contributed by atoms with van der Waals surface area (Å²) in [4.78, 5) is 20.5. The van der Waals surface area contributed by atoms with Crippen LogP contribution in [-0.2, 0) is 9.13 Å². The molecule has 0 spiro atoms. The Labute approximate surface area is 109 Å². The molecular formula is C8H20MgO4P2. The van der Waals surface area contributed by atoms with Crippen LogP contribution in [0.5, 0.6) is 0 Å². The second kappa shape index (κ2) is 10.3. The molecule has 0 aliphatic rings. The summed E-state index contributed by atoms with van der Waals surface area (Å²) < 4.78 is 20.5. The fourth-order valence-corrected chi connectivity index (χ4v) is 2.44. The molecule has 0 aromatic carbocycles. The molecule has 0 aromatic heterocycles. The predicted molar refractivity (Wildman–Crippen MR) is 63.1 cm³/mol. The van der Waals surface area contributed by atoms with Gasteiger partial charge in [0.1, 0.15) is 0 Å². The zero-order chi connectivity index (χ0) is 11.8. The van der Waals surface area contributed by atoms with Crippen molar-refractivity contribution in [1.29, 1.82) is 0 Å². The summed E-state index contributed by atoms with van der Waals surface area (Å²) in [7, 11) is -5.83. The standard InChI is InChI=1S/2C4H11O2P.Mg/c2*1-3-4-7(2,5)6;/h2*3-4H2,1-2H3,(H,5,6);/q;;+2/p-2. The SMILES string of the molecule is CCCP(C)(=O)[O-].CCCP(C)(=O)[O-].[Mg+2]. The zero-order valence-corrected chi connectivity index (χ0v) is 13.3. The van der Waals surface area contributed by atoms with Crippen molar-refractivity contribution in [3.63, 3.8) is 0 Å². The van der Waals surface area contributed by atoms with E-state index in [-0.39, 0.29) is 23.1 Å². The molecule has 0 rings (SSSR count). The van der Waals surface area contributed by atoms with Gasteiger partial charge in [-0.25, -0.2) is 0 Å². The van der Waals surface area contributed by atoms with E-state index in [4.69, 9.17) is 0 Å². The minimum atomic E-state index is -2.92. The van der Waals surface area contributed by atoms with Crippen LogP contribution in [0.25, 0.3) is 0 Å². The zero-order valence-electron chi connectivity index (χ0n) is 10.1. The van der Waals surface area contributed by atoms with Gasteiger partial charge in [-0.05, 0) is 25.7 Å². The van der Waals surface area contributed by atoms with Crippen molar-refractivity contribution in [3.05, 3.63) is 0 Å². The minimum absolute atomic E-state index is 0. The summed E-state index contributed by atoms with van der Waals surface area (Å²) >= 11 is 0. The molecule has 88 valence electrons. The first-order valence-corrected chi connectivity index (χ1v) is 9.19. The fraction of sp³-hybridized carbons (Fsp3) is 1.00. The van der Waals surface area contributed by atoms with Crippen molar-refractivity contribution >= 4 is 37.8 Å². The van der Waals surface area contributed by atoms with Gasteiger partial charge >= 0.3 is 23.1 Å². The summed E-state index contributed by atoms with van der Waals surface area (Å²) in [6, 6.07) is 0. The Kier molecular flexibility index (Phi) is 14.7. The first-order valence-electron chi connectivity index (χ1n) is 4.67. The first-order chi connectivity index (χ1) is 6.12. The van der Waals surface area contributed by atoms with E-state index in [1.807, 2.05) is 13.8 Å².